The Morgan fingerprint density at radius 3 is 2.47 bits per heavy atom. The van der Waals surface area contributed by atoms with Crippen molar-refractivity contribution >= 4 is 5.91 Å². The highest BCUT2D eigenvalue weighted by Gasteiger charge is 2.36. The fraction of sp³-hybridized carbons (Fsp3) is 0.500. The summed E-state index contributed by atoms with van der Waals surface area (Å²) in [6, 6.07) is 9.44. The summed E-state index contributed by atoms with van der Waals surface area (Å²) in [4.78, 5) is 11.9. The summed E-state index contributed by atoms with van der Waals surface area (Å²) in [5, 5.41) is 3.04. The largest absolute Gasteiger partial charge is 0.382 e. The molecule has 0 saturated carbocycles. The van der Waals surface area contributed by atoms with Gasteiger partial charge in [0, 0.05) is 20.1 Å². The van der Waals surface area contributed by atoms with Gasteiger partial charge in [-0.25, -0.2) is 0 Å². The molecule has 0 saturated heterocycles. The average molecular weight is 266 g/mol. The normalized spacial score (nSPS) is 14.0. The van der Waals surface area contributed by atoms with Crippen molar-refractivity contribution in [2.24, 2.45) is 5.73 Å². The van der Waals surface area contributed by atoms with Crippen LogP contribution in [0.3, 0.4) is 0 Å². The first-order valence-electron chi connectivity index (χ1n) is 6.28. The highest BCUT2D eigenvalue weighted by atomic mass is 16.5. The number of ether oxygens (including phenoxy) is 2. The SMILES string of the molecule is CNC(CCOCCOC)(C(N)=O)c1ccccc1. The summed E-state index contributed by atoms with van der Waals surface area (Å²) < 4.78 is 10.3. The van der Waals surface area contributed by atoms with Crippen molar-refractivity contribution in [2.45, 2.75) is 12.0 Å². The van der Waals surface area contributed by atoms with Crippen molar-refractivity contribution in [1.29, 1.82) is 0 Å². The number of benzene rings is 1. The van der Waals surface area contributed by atoms with Crippen molar-refractivity contribution in [1.82, 2.24) is 5.32 Å². The number of hydrogen-bond acceptors (Lipinski definition) is 4. The second-order valence-electron chi connectivity index (χ2n) is 4.24. The van der Waals surface area contributed by atoms with Crippen molar-refractivity contribution < 1.29 is 14.3 Å². The van der Waals surface area contributed by atoms with Crippen LogP contribution in [-0.4, -0.2) is 39.9 Å². The van der Waals surface area contributed by atoms with E-state index in [-0.39, 0.29) is 0 Å². The molecule has 0 radical (unpaired) electrons. The number of methoxy groups -OCH3 is 1. The van der Waals surface area contributed by atoms with Crippen LogP contribution in [0.2, 0.25) is 0 Å². The number of nitrogens with one attached hydrogen (secondary N) is 1. The predicted octanol–water partition coefficient (Wildman–Crippen LogP) is 0.640. The Bertz CT molecular complexity index is 384. The zero-order valence-electron chi connectivity index (χ0n) is 11.5. The molecule has 1 aromatic carbocycles. The van der Waals surface area contributed by atoms with E-state index in [0.29, 0.717) is 26.2 Å². The number of primary amides is 1. The van der Waals surface area contributed by atoms with Gasteiger partial charge in [0.1, 0.15) is 5.54 Å². The summed E-state index contributed by atoms with van der Waals surface area (Å²) in [7, 11) is 3.35. The molecule has 0 aliphatic rings. The lowest BCUT2D eigenvalue weighted by Crippen LogP contribution is -2.51. The van der Waals surface area contributed by atoms with Gasteiger partial charge in [0.15, 0.2) is 0 Å². The van der Waals surface area contributed by atoms with Gasteiger partial charge in [-0.2, -0.15) is 0 Å². The van der Waals surface area contributed by atoms with Crippen LogP contribution < -0.4 is 11.1 Å². The molecule has 1 aromatic rings. The van der Waals surface area contributed by atoms with Crippen LogP contribution in [0.15, 0.2) is 30.3 Å². The number of carbonyl (C=O) groups excluding carboxylic acids is 1. The van der Waals surface area contributed by atoms with E-state index >= 15 is 0 Å². The zero-order chi connectivity index (χ0) is 14.1. The minimum atomic E-state index is -0.895. The number of amides is 1. The van der Waals surface area contributed by atoms with Crippen molar-refractivity contribution in [3.05, 3.63) is 35.9 Å². The first-order chi connectivity index (χ1) is 9.17. The quantitative estimate of drug-likeness (QED) is 0.643. The van der Waals surface area contributed by atoms with E-state index in [0.717, 1.165) is 5.56 Å². The zero-order valence-corrected chi connectivity index (χ0v) is 11.5. The lowest BCUT2D eigenvalue weighted by Gasteiger charge is -2.30. The average Bonchev–Trinajstić information content (AvgIpc) is 2.44. The van der Waals surface area contributed by atoms with E-state index in [1.165, 1.54) is 0 Å². The lowest BCUT2D eigenvalue weighted by atomic mass is 9.86. The van der Waals surface area contributed by atoms with Crippen LogP contribution in [0.4, 0.5) is 0 Å². The Balaban J connectivity index is 2.74. The standard InChI is InChI=1S/C14H22N2O3/c1-16-14(13(15)17,8-9-19-11-10-18-2)12-6-4-3-5-7-12/h3-7,16H,8-11H2,1-2H3,(H2,15,17). The number of carbonyl (C=O) groups is 1. The first-order valence-corrected chi connectivity index (χ1v) is 6.28. The molecule has 1 unspecified atom stereocenters. The van der Waals surface area contributed by atoms with Gasteiger partial charge in [0.2, 0.25) is 5.91 Å². The second-order valence-corrected chi connectivity index (χ2v) is 4.24. The van der Waals surface area contributed by atoms with E-state index in [4.69, 9.17) is 15.2 Å². The van der Waals surface area contributed by atoms with Gasteiger partial charge in [-0.3, -0.25) is 4.79 Å². The Kier molecular flexibility index (Phi) is 6.49. The molecule has 1 atom stereocenters. The minimum absolute atomic E-state index is 0.406. The molecule has 5 nitrogen and oxygen atoms in total. The molecule has 0 aliphatic heterocycles. The van der Waals surface area contributed by atoms with Crippen molar-refractivity contribution in [3.8, 4) is 0 Å². The van der Waals surface area contributed by atoms with Crippen molar-refractivity contribution in [3.63, 3.8) is 0 Å². The summed E-state index contributed by atoms with van der Waals surface area (Å²) >= 11 is 0. The number of nitrogens with two attached hydrogens (primary N) is 1. The maximum absolute atomic E-state index is 11.9. The van der Waals surface area contributed by atoms with E-state index in [9.17, 15) is 4.79 Å². The highest BCUT2D eigenvalue weighted by Crippen LogP contribution is 2.24. The van der Waals surface area contributed by atoms with Crippen LogP contribution in [0.25, 0.3) is 0 Å². The summed E-state index contributed by atoms with van der Waals surface area (Å²) in [6.07, 6.45) is 0.479. The Morgan fingerprint density at radius 2 is 1.95 bits per heavy atom. The Labute approximate surface area is 114 Å². The van der Waals surface area contributed by atoms with Crippen LogP contribution in [-0.2, 0) is 19.8 Å². The van der Waals surface area contributed by atoms with Crippen LogP contribution >= 0.6 is 0 Å². The van der Waals surface area contributed by atoms with Gasteiger partial charge < -0.3 is 20.5 Å². The van der Waals surface area contributed by atoms with Crippen LogP contribution in [0.5, 0.6) is 0 Å². The monoisotopic (exact) mass is 266 g/mol. The van der Waals surface area contributed by atoms with Gasteiger partial charge in [0.25, 0.3) is 0 Å². The molecule has 1 rings (SSSR count). The number of hydrogen-bond donors (Lipinski definition) is 2. The Morgan fingerprint density at radius 1 is 1.26 bits per heavy atom. The third kappa shape index (κ3) is 4.02. The predicted molar refractivity (Wildman–Crippen MR) is 73.7 cm³/mol. The van der Waals surface area contributed by atoms with E-state index in [2.05, 4.69) is 5.32 Å². The fourth-order valence-electron chi connectivity index (χ4n) is 1.99. The molecule has 5 heteroatoms. The molecular weight excluding hydrogens is 244 g/mol. The van der Waals surface area contributed by atoms with Gasteiger partial charge in [-0.05, 0) is 12.6 Å². The number of rotatable bonds is 9. The molecule has 0 bridgehead atoms. The number of likely N-dealkylation sites (N-methyl/N-ethyl adjacent to an activating group) is 1. The molecule has 0 aromatic heterocycles. The molecule has 106 valence electrons. The maximum Gasteiger partial charge on any atom is 0.242 e. The third-order valence-corrected chi connectivity index (χ3v) is 3.17. The van der Waals surface area contributed by atoms with Gasteiger partial charge >= 0.3 is 0 Å². The van der Waals surface area contributed by atoms with Crippen molar-refractivity contribution in [2.75, 3.05) is 34.0 Å². The fourth-order valence-corrected chi connectivity index (χ4v) is 1.99. The molecule has 0 aliphatic carbocycles. The molecule has 19 heavy (non-hydrogen) atoms. The van der Waals surface area contributed by atoms with Gasteiger partial charge in [-0.1, -0.05) is 30.3 Å². The third-order valence-electron chi connectivity index (χ3n) is 3.17. The molecular formula is C14H22N2O3. The van der Waals surface area contributed by atoms with Gasteiger partial charge in [0.05, 0.1) is 13.2 Å². The first kappa shape index (κ1) is 15.6. The smallest absolute Gasteiger partial charge is 0.242 e. The molecule has 1 amide bonds. The molecule has 0 fully saturated rings. The second kappa shape index (κ2) is 7.89. The van der Waals surface area contributed by atoms with E-state index in [1.54, 1.807) is 14.2 Å². The summed E-state index contributed by atoms with van der Waals surface area (Å²) in [5.74, 6) is -0.406. The van der Waals surface area contributed by atoms with E-state index in [1.807, 2.05) is 30.3 Å². The summed E-state index contributed by atoms with van der Waals surface area (Å²) in [6.45, 7) is 1.47. The molecule has 3 N–H and O–H groups in total. The Hall–Kier alpha value is -1.43. The van der Waals surface area contributed by atoms with Crippen LogP contribution in [0.1, 0.15) is 12.0 Å². The van der Waals surface area contributed by atoms with E-state index < -0.39 is 11.4 Å². The molecule has 0 heterocycles. The van der Waals surface area contributed by atoms with Crippen LogP contribution in [0, 0.1) is 0 Å². The minimum Gasteiger partial charge on any atom is -0.382 e. The van der Waals surface area contributed by atoms with Gasteiger partial charge in [-0.15, -0.1) is 0 Å². The molecule has 0 spiro atoms. The lowest BCUT2D eigenvalue weighted by molar-refractivity contribution is -0.125. The summed E-state index contributed by atoms with van der Waals surface area (Å²) in [5.41, 5.74) is 5.53. The topological polar surface area (TPSA) is 73.6 Å². The maximum atomic E-state index is 11.9. The highest BCUT2D eigenvalue weighted by molar-refractivity contribution is 5.86.